The summed E-state index contributed by atoms with van der Waals surface area (Å²) in [6.07, 6.45) is -4.75. The van der Waals surface area contributed by atoms with Crippen LogP contribution in [0.25, 0.3) is 0 Å². The van der Waals surface area contributed by atoms with E-state index in [1.165, 1.54) is 13.2 Å². The molecule has 0 saturated carbocycles. The molecule has 0 radical (unpaired) electrons. The van der Waals surface area contributed by atoms with Crippen LogP contribution in [0.2, 0.25) is 0 Å². The number of hydrogen-bond acceptors (Lipinski definition) is 3. The second-order valence-electron chi connectivity index (χ2n) is 6.74. The number of ether oxygens (including phenoxy) is 1. The van der Waals surface area contributed by atoms with Crippen molar-refractivity contribution >= 4 is 23.3 Å². The van der Waals surface area contributed by atoms with Crippen LogP contribution in [0.1, 0.15) is 21.5 Å². The Hall–Kier alpha value is -4.01. The van der Waals surface area contributed by atoms with Crippen LogP contribution in [0, 0.1) is 0 Å². The summed E-state index contributed by atoms with van der Waals surface area (Å²) in [4.78, 5) is 24.4. The van der Waals surface area contributed by atoms with E-state index in [1.54, 1.807) is 54.6 Å². The highest BCUT2D eigenvalue weighted by Crippen LogP contribution is 2.36. The van der Waals surface area contributed by atoms with Crippen LogP contribution < -0.4 is 20.7 Å². The Labute approximate surface area is 182 Å². The lowest BCUT2D eigenvalue weighted by Gasteiger charge is -2.16. The molecule has 0 aliphatic rings. The third-order valence-corrected chi connectivity index (χ3v) is 4.45. The summed E-state index contributed by atoms with van der Waals surface area (Å²) >= 11 is 0. The van der Waals surface area contributed by atoms with Gasteiger partial charge in [0.15, 0.2) is 0 Å². The number of rotatable bonds is 6. The van der Waals surface area contributed by atoms with E-state index in [9.17, 15) is 22.8 Å². The minimum absolute atomic E-state index is 0.0477. The molecule has 3 rings (SSSR count). The molecular weight excluding hydrogens is 423 g/mol. The molecule has 0 bridgehead atoms. The number of anilines is 2. The van der Waals surface area contributed by atoms with Gasteiger partial charge in [-0.2, -0.15) is 13.2 Å². The normalized spacial score (nSPS) is 10.9. The zero-order valence-corrected chi connectivity index (χ0v) is 17.0. The highest BCUT2D eigenvalue weighted by atomic mass is 19.4. The molecule has 0 unspecified atom stereocenters. The van der Waals surface area contributed by atoms with Gasteiger partial charge in [0.05, 0.1) is 18.4 Å². The molecule has 3 aromatic carbocycles. The maximum atomic E-state index is 13.6. The number of carbonyl (C=O) groups is 2. The molecule has 3 aromatic rings. The molecule has 0 heterocycles. The molecule has 32 heavy (non-hydrogen) atoms. The minimum atomic E-state index is -4.75. The van der Waals surface area contributed by atoms with E-state index in [-0.39, 0.29) is 12.2 Å². The van der Waals surface area contributed by atoms with E-state index >= 15 is 0 Å². The smallest absolute Gasteiger partial charge is 0.418 e. The van der Waals surface area contributed by atoms with E-state index in [2.05, 4.69) is 16.0 Å². The second kappa shape index (κ2) is 9.86. The van der Waals surface area contributed by atoms with Gasteiger partial charge >= 0.3 is 12.2 Å². The molecule has 0 aliphatic heterocycles. The number of halogens is 3. The molecule has 0 atom stereocenters. The number of benzene rings is 3. The lowest BCUT2D eigenvalue weighted by molar-refractivity contribution is -0.136. The van der Waals surface area contributed by atoms with Crippen LogP contribution in [0.5, 0.6) is 5.75 Å². The fourth-order valence-electron chi connectivity index (χ4n) is 2.89. The number of nitrogens with one attached hydrogen (secondary N) is 3. The number of amides is 3. The fourth-order valence-corrected chi connectivity index (χ4v) is 2.89. The van der Waals surface area contributed by atoms with Crippen LogP contribution in [0.3, 0.4) is 0 Å². The van der Waals surface area contributed by atoms with Gasteiger partial charge < -0.3 is 20.7 Å². The maximum absolute atomic E-state index is 13.6. The van der Waals surface area contributed by atoms with E-state index in [0.29, 0.717) is 11.3 Å². The largest absolute Gasteiger partial charge is 0.497 e. The molecule has 3 amide bonds. The third kappa shape index (κ3) is 6.00. The molecule has 6 nitrogen and oxygen atoms in total. The van der Waals surface area contributed by atoms with Crippen LogP contribution in [-0.2, 0) is 12.7 Å². The van der Waals surface area contributed by atoms with Gasteiger partial charge in [-0.1, -0.05) is 30.3 Å². The fraction of sp³-hybridized carbons (Fsp3) is 0.130. The van der Waals surface area contributed by atoms with Crippen molar-refractivity contribution in [3.05, 3.63) is 89.5 Å². The standard InChI is InChI=1S/C23H20F3N3O3/c1-32-18-9-5-6-15(12-18)14-27-22(31)29-20-11-10-17(13-19(20)23(24,25)26)28-21(30)16-7-3-2-4-8-16/h2-13H,14H2,1H3,(H,28,30)(H2,27,29,31). The maximum Gasteiger partial charge on any atom is 0.418 e. The van der Waals surface area contributed by atoms with Crippen LogP contribution >= 0.6 is 0 Å². The molecule has 166 valence electrons. The number of alkyl halides is 3. The van der Waals surface area contributed by atoms with Crippen molar-refractivity contribution in [2.45, 2.75) is 12.7 Å². The summed E-state index contributed by atoms with van der Waals surface area (Å²) in [5.41, 5.74) is -0.540. The van der Waals surface area contributed by atoms with E-state index in [4.69, 9.17) is 4.74 Å². The predicted octanol–water partition coefficient (Wildman–Crippen LogP) is 5.29. The van der Waals surface area contributed by atoms with Gasteiger partial charge in [-0.25, -0.2) is 4.79 Å². The first-order valence-corrected chi connectivity index (χ1v) is 9.51. The topological polar surface area (TPSA) is 79.5 Å². The highest BCUT2D eigenvalue weighted by Gasteiger charge is 2.34. The van der Waals surface area contributed by atoms with Gasteiger partial charge in [0.1, 0.15) is 5.75 Å². The summed E-state index contributed by atoms with van der Waals surface area (Å²) in [7, 11) is 1.50. The summed E-state index contributed by atoms with van der Waals surface area (Å²) in [5.74, 6) is 0.0488. The number of hydrogen-bond donors (Lipinski definition) is 3. The average Bonchev–Trinajstić information content (AvgIpc) is 2.78. The van der Waals surface area contributed by atoms with Gasteiger partial charge in [0.25, 0.3) is 5.91 Å². The molecular formula is C23H20F3N3O3. The van der Waals surface area contributed by atoms with Crippen molar-refractivity contribution in [2.24, 2.45) is 0 Å². The molecule has 9 heteroatoms. The monoisotopic (exact) mass is 443 g/mol. The first kappa shape index (κ1) is 22.7. The van der Waals surface area contributed by atoms with E-state index in [1.807, 2.05) is 0 Å². The summed E-state index contributed by atoms with van der Waals surface area (Å²) in [6, 6.07) is 17.4. The minimum Gasteiger partial charge on any atom is -0.497 e. The van der Waals surface area contributed by atoms with Crippen molar-refractivity contribution in [3.8, 4) is 5.75 Å². The molecule has 0 fully saturated rings. The van der Waals surface area contributed by atoms with Gasteiger partial charge in [0, 0.05) is 17.8 Å². The van der Waals surface area contributed by atoms with Crippen LogP contribution in [0.15, 0.2) is 72.8 Å². The SMILES string of the molecule is COc1cccc(CNC(=O)Nc2ccc(NC(=O)c3ccccc3)cc2C(F)(F)F)c1. The Kier molecular flexibility index (Phi) is 6.99. The lowest BCUT2D eigenvalue weighted by Crippen LogP contribution is -2.29. The molecule has 3 N–H and O–H groups in total. The number of methoxy groups -OCH3 is 1. The van der Waals surface area contributed by atoms with Crippen molar-refractivity contribution in [3.63, 3.8) is 0 Å². The Balaban J connectivity index is 1.71. The third-order valence-electron chi connectivity index (χ3n) is 4.45. The van der Waals surface area contributed by atoms with Crippen molar-refractivity contribution in [2.75, 3.05) is 17.7 Å². The summed E-state index contributed by atoms with van der Waals surface area (Å²) < 4.78 is 45.8. The Morgan fingerprint density at radius 2 is 1.66 bits per heavy atom. The lowest BCUT2D eigenvalue weighted by atomic mass is 10.1. The molecule has 0 saturated heterocycles. The van der Waals surface area contributed by atoms with Crippen LogP contribution in [-0.4, -0.2) is 19.0 Å². The van der Waals surface area contributed by atoms with Gasteiger partial charge in [-0.15, -0.1) is 0 Å². The first-order chi connectivity index (χ1) is 15.3. The van der Waals surface area contributed by atoms with Gasteiger partial charge in [0.2, 0.25) is 0 Å². The number of urea groups is 1. The molecule has 0 aliphatic carbocycles. The molecule has 0 aromatic heterocycles. The van der Waals surface area contributed by atoms with Crippen molar-refractivity contribution < 1.29 is 27.5 Å². The quantitative estimate of drug-likeness (QED) is 0.485. The number of carbonyl (C=O) groups excluding carboxylic acids is 2. The van der Waals surface area contributed by atoms with E-state index < -0.39 is 29.4 Å². The van der Waals surface area contributed by atoms with Crippen molar-refractivity contribution in [1.29, 1.82) is 0 Å². The first-order valence-electron chi connectivity index (χ1n) is 9.51. The average molecular weight is 443 g/mol. The van der Waals surface area contributed by atoms with E-state index in [0.717, 1.165) is 17.7 Å². The Bertz CT molecular complexity index is 1100. The van der Waals surface area contributed by atoms with Crippen molar-refractivity contribution in [1.82, 2.24) is 5.32 Å². The zero-order chi connectivity index (χ0) is 23.1. The van der Waals surface area contributed by atoms with Gasteiger partial charge in [-0.3, -0.25) is 4.79 Å². The molecule has 0 spiro atoms. The second-order valence-corrected chi connectivity index (χ2v) is 6.74. The predicted molar refractivity (Wildman–Crippen MR) is 115 cm³/mol. The summed E-state index contributed by atoms with van der Waals surface area (Å²) in [5, 5.41) is 7.15. The summed E-state index contributed by atoms with van der Waals surface area (Å²) in [6.45, 7) is 0.0929. The van der Waals surface area contributed by atoms with Crippen LogP contribution in [0.4, 0.5) is 29.3 Å². The Morgan fingerprint density at radius 1 is 0.906 bits per heavy atom. The Morgan fingerprint density at radius 3 is 2.34 bits per heavy atom. The highest BCUT2D eigenvalue weighted by molar-refractivity contribution is 6.04. The van der Waals surface area contributed by atoms with Gasteiger partial charge in [-0.05, 0) is 48.0 Å². The zero-order valence-electron chi connectivity index (χ0n) is 17.0.